The third-order valence-electron chi connectivity index (χ3n) is 3.06. The lowest BCUT2D eigenvalue weighted by Gasteiger charge is -2.09. The number of aromatic nitrogens is 3. The molecule has 0 aliphatic carbocycles. The molecular formula is C13H13N5. The fourth-order valence-corrected chi connectivity index (χ4v) is 2.06. The number of hydrogen-bond donors (Lipinski definition) is 3. The predicted octanol–water partition coefficient (Wildman–Crippen LogP) is 2.10. The molecule has 0 radical (unpaired) electrons. The second kappa shape index (κ2) is 3.73. The second-order valence-electron chi connectivity index (χ2n) is 4.29. The number of H-pyrrole nitrogens is 1. The molecule has 0 aliphatic rings. The number of anilines is 2. The number of nitrogens with zero attached hydrogens (tertiary/aromatic N) is 2. The molecule has 2 heterocycles. The van der Waals surface area contributed by atoms with Crippen LogP contribution in [0.15, 0.2) is 30.6 Å². The van der Waals surface area contributed by atoms with Crippen LogP contribution < -0.4 is 11.5 Å². The number of nitrogens with two attached hydrogens (primary N) is 2. The van der Waals surface area contributed by atoms with Crippen LogP contribution in [0.5, 0.6) is 0 Å². The van der Waals surface area contributed by atoms with Crippen LogP contribution in [0.1, 0.15) is 5.56 Å². The van der Waals surface area contributed by atoms with Gasteiger partial charge < -0.3 is 11.5 Å². The lowest BCUT2D eigenvalue weighted by Crippen LogP contribution is -2.00. The second-order valence-corrected chi connectivity index (χ2v) is 4.29. The lowest BCUT2D eigenvalue weighted by molar-refractivity contribution is 1.12. The standard InChI is InChI=1S/C13H13N5/c1-7-4-8-6-17-18-11(8)5-9(7)13-12(15)10(14)2-3-16-13/h2-6H,15H2,1H3,(H2,14,16)(H,17,18). The van der Waals surface area contributed by atoms with Crippen molar-refractivity contribution in [2.75, 3.05) is 11.5 Å². The molecule has 0 spiro atoms. The molecule has 18 heavy (non-hydrogen) atoms. The van der Waals surface area contributed by atoms with E-state index in [0.29, 0.717) is 17.1 Å². The van der Waals surface area contributed by atoms with Gasteiger partial charge in [-0.3, -0.25) is 10.1 Å². The molecule has 3 aromatic rings. The summed E-state index contributed by atoms with van der Waals surface area (Å²) >= 11 is 0. The molecule has 0 amide bonds. The van der Waals surface area contributed by atoms with Crippen molar-refractivity contribution in [2.24, 2.45) is 0 Å². The fourth-order valence-electron chi connectivity index (χ4n) is 2.06. The zero-order valence-corrected chi connectivity index (χ0v) is 9.94. The van der Waals surface area contributed by atoms with Crippen LogP contribution >= 0.6 is 0 Å². The molecule has 0 atom stereocenters. The van der Waals surface area contributed by atoms with Gasteiger partial charge in [-0.2, -0.15) is 5.10 Å². The van der Waals surface area contributed by atoms with E-state index in [2.05, 4.69) is 21.2 Å². The summed E-state index contributed by atoms with van der Waals surface area (Å²) in [6.07, 6.45) is 3.46. The van der Waals surface area contributed by atoms with Gasteiger partial charge in [-0.15, -0.1) is 0 Å². The largest absolute Gasteiger partial charge is 0.397 e. The van der Waals surface area contributed by atoms with Gasteiger partial charge in [0.05, 0.1) is 28.8 Å². The summed E-state index contributed by atoms with van der Waals surface area (Å²) in [5.74, 6) is 0. The van der Waals surface area contributed by atoms with Gasteiger partial charge in [0.1, 0.15) is 0 Å². The van der Waals surface area contributed by atoms with E-state index in [0.717, 1.165) is 22.0 Å². The van der Waals surface area contributed by atoms with E-state index >= 15 is 0 Å². The minimum absolute atomic E-state index is 0.513. The highest BCUT2D eigenvalue weighted by atomic mass is 15.1. The third-order valence-corrected chi connectivity index (χ3v) is 3.06. The van der Waals surface area contributed by atoms with Crippen molar-refractivity contribution in [2.45, 2.75) is 6.92 Å². The van der Waals surface area contributed by atoms with Gasteiger partial charge in [-0.05, 0) is 30.7 Å². The average Bonchev–Trinajstić information content (AvgIpc) is 2.79. The maximum atomic E-state index is 5.99. The number of fused-ring (bicyclic) bond motifs is 1. The molecular weight excluding hydrogens is 226 g/mol. The van der Waals surface area contributed by atoms with Crippen LogP contribution in [0.25, 0.3) is 22.2 Å². The molecule has 2 aromatic heterocycles. The monoisotopic (exact) mass is 239 g/mol. The Bertz CT molecular complexity index is 729. The van der Waals surface area contributed by atoms with Gasteiger partial charge in [0.2, 0.25) is 0 Å². The highest BCUT2D eigenvalue weighted by Crippen LogP contribution is 2.32. The Hall–Kier alpha value is -2.56. The first-order valence-electron chi connectivity index (χ1n) is 5.61. The predicted molar refractivity (Wildman–Crippen MR) is 72.9 cm³/mol. The van der Waals surface area contributed by atoms with Crippen molar-refractivity contribution < 1.29 is 0 Å². The van der Waals surface area contributed by atoms with Gasteiger partial charge in [0.15, 0.2) is 0 Å². The van der Waals surface area contributed by atoms with Crippen molar-refractivity contribution in [1.82, 2.24) is 15.2 Å². The Kier molecular flexibility index (Phi) is 2.19. The number of rotatable bonds is 1. The Morgan fingerprint density at radius 3 is 2.89 bits per heavy atom. The van der Waals surface area contributed by atoms with Crippen LogP contribution in [-0.4, -0.2) is 15.2 Å². The van der Waals surface area contributed by atoms with Gasteiger partial charge in [0, 0.05) is 17.1 Å². The Balaban J connectivity index is 2.30. The molecule has 0 aliphatic heterocycles. The summed E-state index contributed by atoms with van der Waals surface area (Å²) < 4.78 is 0. The Morgan fingerprint density at radius 2 is 2.06 bits per heavy atom. The van der Waals surface area contributed by atoms with Gasteiger partial charge in [-0.1, -0.05) is 0 Å². The topological polar surface area (TPSA) is 93.6 Å². The molecule has 0 saturated heterocycles. The zero-order valence-electron chi connectivity index (χ0n) is 9.94. The molecule has 3 rings (SSSR count). The number of pyridine rings is 1. The molecule has 5 N–H and O–H groups in total. The number of aromatic amines is 1. The number of benzene rings is 1. The van der Waals surface area contributed by atoms with Crippen LogP contribution in [0.4, 0.5) is 11.4 Å². The normalized spacial score (nSPS) is 10.9. The average molecular weight is 239 g/mol. The summed E-state index contributed by atoms with van der Waals surface area (Å²) in [7, 11) is 0. The van der Waals surface area contributed by atoms with E-state index in [1.54, 1.807) is 18.5 Å². The minimum Gasteiger partial charge on any atom is -0.397 e. The van der Waals surface area contributed by atoms with Gasteiger partial charge in [-0.25, -0.2) is 0 Å². The summed E-state index contributed by atoms with van der Waals surface area (Å²) in [5.41, 5.74) is 16.6. The van der Waals surface area contributed by atoms with E-state index < -0.39 is 0 Å². The quantitative estimate of drug-likeness (QED) is 0.606. The van der Waals surface area contributed by atoms with Gasteiger partial charge in [0.25, 0.3) is 0 Å². The van der Waals surface area contributed by atoms with E-state index in [4.69, 9.17) is 11.5 Å². The fraction of sp³-hybridized carbons (Fsp3) is 0.0769. The molecule has 5 nitrogen and oxygen atoms in total. The Morgan fingerprint density at radius 1 is 1.22 bits per heavy atom. The van der Waals surface area contributed by atoms with Crippen molar-refractivity contribution in [3.63, 3.8) is 0 Å². The zero-order chi connectivity index (χ0) is 12.7. The molecule has 5 heteroatoms. The van der Waals surface area contributed by atoms with E-state index in [-0.39, 0.29) is 0 Å². The van der Waals surface area contributed by atoms with Crippen LogP contribution in [0.2, 0.25) is 0 Å². The van der Waals surface area contributed by atoms with Crippen molar-refractivity contribution >= 4 is 22.3 Å². The highest BCUT2D eigenvalue weighted by Gasteiger charge is 2.11. The maximum absolute atomic E-state index is 5.99. The SMILES string of the molecule is Cc1cc2cn[nH]c2cc1-c1nccc(N)c1N. The van der Waals surface area contributed by atoms with Crippen LogP contribution in [0.3, 0.4) is 0 Å². The number of nitrogen functional groups attached to an aromatic ring is 2. The minimum atomic E-state index is 0.513. The summed E-state index contributed by atoms with van der Waals surface area (Å²) in [4.78, 5) is 4.32. The molecule has 0 bridgehead atoms. The first-order chi connectivity index (χ1) is 8.66. The summed E-state index contributed by atoms with van der Waals surface area (Å²) in [6, 6.07) is 5.75. The van der Waals surface area contributed by atoms with Crippen LogP contribution in [-0.2, 0) is 0 Å². The maximum Gasteiger partial charge on any atom is 0.0955 e. The number of nitrogens with one attached hydrogen (secondary N) is 1. The van der Waals surface area contributed by atoms with Gasteiger partial charge >= 0.3 is 0 Å². The van der Waals surface area contributed by atoms with E-state index in [1.165, 1.54) is 0 Å². The number of aryl methyl sites for hydroxylation is 1. The molecule has 0 unspecified atom stereocenters. The lowest BCUT2D eigenvalue weighted by atomic mass is 10.0. The molecule has 1 aromatic carbocycles. The highest BCUT2D eigenvalue weighted by molar-refractivity contribution is 5.89. The summed E-state index contributed by atoms with van der Waals surface area (Å²) in [6.45, 7) is 2.02. The Labute approximate surface area is 104 Å². The first kappa shape index (κ1) is 10.6. The molecule has 0 saturated carbocycles. The number of hydrogen-bond acceptors (Lipinski definition) is 4. The third kappa shape index (κ3) is 1.48. The van der Waals surface area contributed by atoms with E-state index in [9.17, 15) is 0 Å². The smallest absolute Gasteiger partial charge is 0.0955 e. The van der Waals surface area contributed by atoms with Crippen molar-refractivity contribution in [3.8, 4) is 11.3 Å². The van der Waals surface area contributed by atoms with Crippen molar-refractivity contribution in [1.29, 1.82) is 0 Å². The summed E-state index contributed by atoms with van der Waals surface area (Å²) in [5, 5.41) is 8.03. The molecule has 0 fully saturated rings. The first-order valence-corrected chi connectivity index (χ1v) is 5.61. The molecule has 90 valence electrons. The van der Waals surface area contributed by atoms with Crippen molar-refractivity contribution in [3.05, 3.63) is 36.2 Å². The van der Waals surface area contributed by atoms with Crippen LogP contribution in [0, 0.1) is 6.92 Å². The van der Waals surface area contributed by atoms with E-state index in [1.807, 2.05) is 13.0 Å².